The van der Waals surface area contributed by atoms with E-state index in [2.05, 4.69) is 87.5 Å². The molecule has 8 rings (SSSR count). The van der Waals surface area contributed by atoms with Crippen LogP contribution in [0, 0.1) is 0 Å². The largest absolute Gasteiger partial charge is 0.412 e. The molecule has 11 nitrogen and oxygen atoms in total. The maximum atomic E-state index is 4.76. The fourth-order valence-electron chi connectivity index (χ4n) is 5.57. The van der Waals surface area contributed by atoms with Crippen LogP contribution in [-0.2, 0) is 13.1 Å². The van der Waals surface area contributed by atoms with Crippen LogP contribution in [0.3, 0.4) is 0 Å². The van der Waals surface area contributed by atoms with E-state index in [1.165, 1.54) is 0 Å². The number of hydrogen-bond acceptors (Lipinski definition) is 10. The van der Waals surface area contributed by atoms with Crippen molar-refractivity contribution in [2.45, 2.75) is 38.0 Å². The Morgan fingerprint density at radius 3 is 1.45 bits per heavy atom. The molecule has 256 valence electrons. The third kappa shape index (κ3) is 10.0. The molecular formula is C30H40Br4N10OS2. The topological polar surface area (TPSA) is 141 Å². The van der Waals surface area contributed by atoms with Crippen molar-refractivity contribution in [1.82, 2.24) is 39.7 Å². The number of halogens is 4. The van der Waals surface area contributed by atoms with Gasteiger partial charge in [-0.2, -0.15) is 0 Å². The van der Waals surface area contributed by atoms with Gasteiger partial charge in [0.1, 0.15) is 0 Å². The summed E-state index contributed by atoms with van der Waals surface area (Å²) in [5.74, 6) is 1.89. The van der Waals surface area contributed by atoms with E-state index < -0.39 is 0 Å². The lowest BCUT2D eigenvalue weighted by Crippen LogP contribution is -2.24. The Balaban J connectivity index is 0.000000295. The predicted molar refractivity (Wildman–Crippen MR) is 217 cm³/mol. The summed E-state index contributed by atoms with van der Waals surface area (Å²) < 4.78 is 4.45. The monoisotopic (exact) mass is 936 g/mol. The number of rotatable bonds is 8. The summed E-state index contributed by atoms with van der Waals surface area (Å²) in [5.41, 5.74) is 10.3. The lowest BCUT2D eigenvalue weighted by atomic mass is 10.3. The summed E-state index contributed by atoms with van der Waals surface area (Å²) in [7, 11) is 0. The van der Waals surface area contributed by atoms with Crippen LogP contribution >= 0.6 is 90.6 Å². The number of para-hydroxylation sites is 4. The summed E-state index contributed by atoms with van der Waals surface area (Å²) in [6.45, 7) is 5.66. The zero-order valence-electron chi connectivity index (χ0n) is 25.4. The first-order valence-electron chi connectivity index (χ1n) is 14.4. The highest BCUT2D eigenvalue weighted by Crippen LogP contribution is 2.24. The van der Waals surface area contributed by atoms with Gasteiger partial charge in [-0.05, 0) is 50.2 Å². The molecule has 2 aromatic carbocycles. The van der Waals surface area contributed by atoms with Gasteiger partial charge in [0.2, 0.25) is 11.9 Å². The highest BCUT2D eigenvalue weighted by molar-refractivity contribution is 8.93. The summed E-state index contributed by atoms with van der Waals surface area (Å²) in [4.78, 5) is 18.3. The maximum Gasteiger partial charge on any atom is 0.204 e. The van der Waals surface area contributed by atoms with Crippen LogP contribution < -0.4 is 21.3 Å². The molecule has 0 bridgehead atoms. The van der Waals surface area contributed by atoms with Gasteiger partial charge in [-0.3, -0.25) is 0 Å². The fraction of sp³-hybridized carbons (Fsp3) is 0.333. The van der Waals surface area contributed by atoms with Crippen molar-refractivity contribution >= 4 is 125 Å². The maximum absolute atomic E-state index is 4.76. The highest BCUT2D eigenvalue weighted by atomic mass is 79.9. The van der Waals surface area contributed by atoms with E-state index in [0.29, 0.717) is 12.1 Å². The van der Waals surface area contributed by atoms with Crippen LogP contribution in [0.2, 0.25) is 0 Å². The van der Waals surface area contributed by atoms with E-state index in [1.54, 1.807) is 22.7 Å². The van der Waals surface area contributed by atoms with Crippen LogP contribution in [0.4, 0.5) is 11.9 Å². The van der Waals surface area contributed by atoms with Gasteiger partial charge in [0.25, 0.3) is 0 Å². The highest BCUT2D eigenvalue weighted by Gasteiger charge is 2.20. The molecule has 17 heteroatoms. The Kier molecular flexibility index (Phi) is 17.4. The second-order valence-electron chi connectivity index (χ2n) is 10.6. The number of hydrogen-bond donors (Lipinski definition) is 4. The quantitative estimate of drug-likeness (QED) is 0.143. The van der Waals surface area contributed by atoms with Gasteiger partial charge in [-0.15, -0.1) is 90.6 Å². The zero-order chi connectivity index (χ0) is 28.1. The van der Waals surface area contributed by atoms with E-state index in [4.69, 9.17) is 9.97 Å². The molecule has 0 saturated carbocycles. The molecule has 2 aliphatic heterocycles. The van der Waals surface area contributed by atoms with E-state index in [0.717, 1.165) is 97.5 Å². The average Bonchev–Trinajstić information content (AvgIpc) is 3.86. The molecule has 0 amide bonds. The van der Waals surface area contributed by atoms with E-state index in [9.17, 15) is 0 Å². The minimum Gasteiger partial charge on any atom is -0.412 e. The third-order valence-corrected chi connectivity index (χ3v) is 8.97. The SMILES string of the molecule is Br.Br.Br.Br.O.c1ccc2c(c1)nc(NC1CCNC1)n2Cc1cscn1.c1ccc2c(c1)nc(NC1CCNC1)n2Cc1cscn1. The standard InChI is InChI=1S/2C15H17N5S.4BrH.H2O/c2*1-2-4-14-13(3-1)19-15(18-11-5-6-16-7-11)20(14)8-12-9-21-10-17-12;;;;;/h2*1-4,9-11,16H,5-8H2,(H,18,19);4*1H;1H2. The molecule has 2 saturated heterocycles. The van der Waals surface area contributed by atoms with Crippen LogP contribution in [0.1, 0.15) is 24.2 Å². The number of fused-ring (bicyclic) bond motifs is 2. The van der Waals surface area contributed by atoms with Crippen molar-refractivity contribution in [2.75, 3.05) is 36.8 Å². The lowest BCUT2D eigenvalue weighted by molar-refractivity contribution is 0.744. The molecule has 2 fully saturated rings. The Morgan fingerprint density at radius 1 is 0.660 bits per heavy atom. The molecule has 6 heterocycles. The Morgan fingerprint density at radius 2 is 1.09 bits per heavy atom. The average molecular weight is 940 g/mol. The van der Waals surface area contributed by atoms with Crippen molar-refractivity contribution in [1.29, 1.82) is 0 Å². The van der Waals surface area contributed by atoms with Gasteiger partial charge in [0, 0.05) is 35.9 Å². The zero-order valence-corrected chi connectivity index (χ0v) is 33.9. The first kappa shape index (κ1) is 41.2. The third-order valence-electron chi connectivity index (χ3n) is 7.70. The Bertz CT molecular complexity index is 1610. The second kappa shape index (κ2) is 19.9. The number of imidazole rings is 2. The van der Waals surface area contributed by atoms with Gasteiger partial charge >= 0.3 is 0 Å². The van der Waals surface area contributed by atoms with Gasteiger partial charge in [-0.25, -0.2) is 19.9 Å². The number of benzene rings is 2. The minimum absolute atomic E-state index is 0. The van der Waals surface area contributed by atoms with Crippen molar-refractivity contribution in [3.8, 4) is 0 Å². The van der Waals surface area contributed by atoms with Crippen molar-refractivity contribution in [2.24, 2.45) is 0 Å². The second-order valence-corrected chi connectivity index (χ2v) is 12.1. The first-order chi connectivity index (χ1) is 20.8. The smallest absolute Gasteiger partial charge is 0.204 e. The normalized spacial score (nSPS) is 16.4. The van der Waals surface area contributed by atoms with Gasteiger partial charge in [0.05, 0.1) is 57.6 Å². The lowest BCUT2D eigenvalue weighted by Gasteiger charge is -2.14. The Hall–Kier alpha value is -1.96. The number of aromatic nitrogens is 6. The van der Waals surface area contributed by atoms with E-state index in [1.807, 2.05) is 23.2 Å². The van der Waals surface area contributed by atoms with Gasteiger partial charge in [-0.1, -0.05) is 24.3 Å². The predicted octanol–water partition coefficient (Wildman–Crippen LogP) is 6.12. The molecule has 6 N–H and O–H groups in total. The molecule has 2 atom stereocenters. The van der Waals surface area contributed by atoms with Crippen molar-refractivity contribution in [3.63, 3.8) is 0 Å². The minimum atomic E-state index is 0. The van der Waals surface area contributed by atoms with Gasteiger partial charge < -0.3 is 35.9 Å². The molecule has 6 aromatic rings. The number of nitrogens with one attached hydrogen (secondary N) is 4. The molecule has 0 aliphatic carbocycles. The van der Waals surface area contributed by atoms with Crippen LogP contribution in [0.15, 0.2) is 70.3 Å². The summed E-state index contributed by atoms with van der Waals surface area (Å²) >= 11 is 3.26. The van der Waals surface area contributed by atoms with Crippen molar-refractivity contribution < 1.29 is 5.48 Å². The number of nitrogens with zero attached hydrogens (tertiary/aromatic N) is 6. The van der Waals surface area contributed by atoms with Gasteiger partial charge in [0.15, 0.2) is 0 Å². The molecule has 2 aliphatic rings. The van der Waals surface area contributed by atoms with Crippen LogP contribution in [0.5, 0.6) is 0 Å². The molecular weight excluding hydrogens is 900 g/mol. The summed E-state index contributed by atoms with van der Waals surface area (Å²) in [6, 6.07) is 17.4. The molecule has 4 aromatic heterocycles. The van der Waals surface area contributed by atoms with Crippen LogP contribution in [0.25, 0.3) is 22.1 Å². The summed E-state index contributed by atoms with van der Waals surface area (Å²) in [6.07, 6.45) is 2.28. The van der Waals surface area contributed by atoms with E-state index >= 15 is 0 Å². The molecule has 2 unspecified atom stereocenters. The molecule has 0 spiro atoms. The fourth-order valence-corrected chi connectivity index (χ4v) is 6.67. The number of anilines is 2. The van der Waals surface area contributed by atoms with Crippen LogP contribution in [-0.4, -0.2) is 72.8 Å². The molecule has 47 heavy (non-hydrogen) atoms. The molecule has 0 radical (unpaired) electrons. The van der Waals surface area contributed by atoms with Crippen molar-refractivity contribution in [3.05, 3.63) is 81.7 Å². The van der Waals surface area contributed by atoms with E-state index in [-0.39, 0.29) is 73.4 Å². The Labute approximate surface area is 323 Å². The summed E-state index contributed by atoms with van der Waals surface area (Å²) in [5, 5.41) is 18.1. The number of thiazole rings is 2. The first-order valence-corrected chi connectivity index (χ1v) is 16.3.